The van der Waals surface area contributed by atoms with E-state index in [-0.39, 0.29) is 11.8 Å². The van der Waals surface area contributed by atoms with Crippen LogP contribution in [0.4, 0.5) is 0 Å². The summed E-state index contributed by atoms with van der Waals surface area (Å²) in [7, 11) is 0. The summed E-state index contributed by atoms with van der Waals surface area (Å²) in [6, 6.07) is 11.2. The molecule has 1 fully saturated rings. The molecule has 1 atom stereocenters. The van der Waals surface area contributed by atoms with Gasteiger partial charge in [0.05, 0.1) is 0 Å². The summed E-state index contributed by atoms with van der Waals surface area (Å²) in [5, 5.41) is 12.1. The van der Waals surface area contributed by atoms with Gasteiger partial charge in [-0.15, -0.1) is 0 Å². The van der Waals surface area contributed by atoms with Gasteiger partial charge in [0.15, 0.2) is 0 Å². The molecular formula is C18H20N2O3. The van der Waals surface area contributed by atoms with E-state index in [9.17, 15) is 14.7 Å². The minimum Gasteiger partial charge on any atom is -0.480 e. The maximum absolute atomic E-state index is 12.3. The molecule has 2 aromatic rings. The van der Waals surface area contributed by atoms with Crippen LogP contribution >= 0.6 is 0 Å². The Morgan fingerprint density at radius 3 is 2.35 bits per heavy atom. The maximum atomic E-state index is 12.3. The minimum atomic E-state index is -1.18. The van der Waals surface area contributed by atoms with Gasteiger partial charge in [0.25, 0.3) is 5.91 Å². The summed E-state index contributed by atoms with van der Waals surface area (Å²) < 4.78 is 2.05. The summed E-state index contributed by atoms with van der Waals surface area (Å²) >= 11 is 0. The molecule has 1 aliphatic carbocycles. The van der Waals surface area contributed by atoms with E-state index in [0.717, 1.165) is 24.9 Å². The lowest BCUT2D eigenvalue weighted by Gasteiger charge is -2.26. The molecule has 23 heavy (non-hydrogen) atoms. The van der Waals surface area contributed by atoms with Gasteiger partial charge in [-0.25, -0.2) is 4.79 Å². The van der Waals surface area contributed by atoms with Crippen molar-refractivity contribution in [2.75, 3.05) is 0 Å². The molecule has 1 aromatic carbocycles. The molecule has 2 N–H and O–H groups in total. The van der Waals surface area contributed by atoms with Gasteiger partial charge in [0, 0.05) is 24.5 Å². The van der Waals surface area contributed by atoms with Crippen LogP contribution in [0.1, 0.15) is 35.7 Å². The molecule has 0 aliphatic heterocycles. The van der Waals surface area contributed by atoms with Crippen LogP contribution < -0.4 is 5.32 Å². The number of benzene rings is 1. The van der Waals surface area contributed by atoms with Gasteiger partial charge in [0.2, 0.25) is 0 Å². The highest BCUT2D eigenvalue weighted by atomic mass is 16.4. The minimum absolute atomic E-state index is 0.0250. The predicted octanol–water partition coefficient (Wildman–Crippen LogP) is 2.52. The van der Waals surface area contributed by atoms with Crippen LogP contribution in [0, 0.1) is 5.92 Å². The van der Waals surface area contributed by atoms with E-state index >= 15 is 0 Å². The smallest absolute Gasteiger partial charge is 0.329 e. The Hall–Kier alpha value is -2.56. The van der Waals surface area contributed by atoms with E-state index < -0.39 is 11.5 Å². The summed E-state index contributed by atoms with van der Waals surface area (Å²) in [5.41, 5.74) is 0.385. The number of nitrogens with zero attached hydrogens (tertiary/aromatic N) is 1. The second-order valence-corrected chi connectivity index (χ2v) is 6.29. The topological polar surface area (TPSA) is 71.3 Å². The molecule has 1 unspecified atom stereocenters. The Labute approximate surface area is 134 Å². The third-order valence-electron chi connectivity index (χ3n) is 4.46. The van der Waals surface area contributed by atoms with Crippen LogP contribution in [0.15, 0.2) is 48.8 Å². The van der Waals surface area contributed by atoms with Gasteiger partial charge in [-0.2, -0.15) is 0 Å². The van der Waals surface area contributed by atoms with Gasteiger partial charge in [-0.3, -0.25) is 4.79 Å². The Morgan fingerprint density at radius 2 is 1.83 bits per heavy atom. The van der Waals surface area contributed by atoms with E-state index in [1.807, 2.05) is 41.2 Å². The molecule has 3 rings (SSSR count). The number of nitrogens with one attached hydrogen (secondary N) is 1. The number of aliphatic carboxylic acids is 1. The second-order valence-electron chi connectivity index (χ2n) is 6.29. The van der Waals surface area contributed by atoms with Gasteiger partial charge < -0.3 is 15.0 Å². The fourth-order valence-electron chi connectivity index (χ4n) is 2.75. The number of carboxylic acids is 1. The molecule has 1 aliphatic rings. The number of hydrogen-bond acceptors (Lipinski definition) is 2. The van der Waals surface area contributed by atoms with Gasteiger partial charge in [0.1, 0.15) is 5.54 Å². The monoisotopic (exact) mass is 312 g/mol. The van der Waals surface area contributed by atoms with Crippen molar-refractivity contribution in [3.8, 4) is 0 Å². The fourth-order valence-corrected chi connectivity index (χ4v) is 2.75. The largest absolute Gasteiger partial charge is 0.480 e. The first-order valence-electron chi connectivity index (χ1n) is 7.74. The molecule has 0 saturated heterocycles. The summed E-state index contributed by atoms with van der Waals surface area (Å²) in [4.78, 5) is 23.8. The van der Waals surface area contributed by atoms with Crippen LogP contribution in [-0.4, -0.2) is 27.1 Å². The lowest BCUT2D eigenvalue weighted by molar-refractivity contribution is -0.144. The van der Waals surface area contributed by atoms with Crippen molar-refractivity contribution < 1.29 is 14.7 Å². The van der Waals surface area contributed by atoms with Crippen molar-refractivity contribution in [1.29, 1.82) is 0 Å². The Kier molecular flexibility index (Phi) is 3.94. The number of carbonyl (C=O) groups is 2. The molecule has 1 amide bonds. The summed E-state index contributed by atoms with van der Waals surface area (Å²) in [6.45, 7) is 2.33. The van der Waals surface area contributed by atoms with Crippen molar-refractivity contribution in [1.82, 2.24) is 9.88 Å². The van der Waals surface area contributed by atoms with Crippen LogP contribution in [0.3, 0.4) is 0 Å². The van der Waals surface area contributed by atoms with Gasteiger partial charge >= 0.3 is 5.97 Å². The van der Waals surface area contributed by atoms with Gasteiger partial charge in [-0.1, -0.05) is 12.1 Å². The molecule has 0 bridgehead atoms. The first-order valence-corrected chi connectivity index (χ1v) is 7.74. The third kappa shape index (κ3) is 3.28. The Bertz CT molecular complexity index is 702. The zero-order valence-corrected chi connectivity index (χ0v) is 13.0. The summed E-state index contributed by atoms with van der Waals surface area (Å²) in [6.07, 6.45) is 5.65. The molecule has 5 nitrogen and oxygen atoms in total. The number of carboxylic acid groups (broad SMARTS) is 1. The molecule has 0 spiro atoms. The van der Waals surface area contributed by atoms with Crippen molar-refractivity contribution >= 4 is 11.9 Å². The van der Waals surface area contributed by atoms with Crippen molar-refractivity contribution in [3.05, 3.63) is 59.9 Å². The quantitative estimate of drug-likeness (QED) is 0.861. The Morgan fingerprint density at radius 1 is 1.22 bits per heavy atom. The molecule has 1 heterocycles. The van der Waals surface area contributed by atoms with Crippen LogP contribution in [-0.2, 0) is 11.3 Å². The molecule has 1 aromatic heterocycles. The van der Waals surface area contributed by atoms with E-state index in [4.69, 9.17) is 0 Å². The summed E-state index contributed by atoms with van der Waals surface area (Å²) in [5.74, 6) is -1.29. The zero-order valence-electron chi connectivity index (χ0n) is 13.0. The zero-order chi connectivity index (χ0) is 16.4. The molecular weight excluding hydrogens is 292 g/mol. The lowest BCUT2D eigenvalue weighted by atomic mass is 9.95. The van der Waals surface area contributed by atoms with Crippen LogP contribution in [0.25, 0.3) is 0 Å². The first kappa shape index (κ1) is 15.3. The molecule has 0 radical (unpaired) electrons. The van der Waals surface area contributed by atoms with E-state index in [2.05, 4.69) is 5.32 Å². The third-order valence-corrected chi connectivity index (χ3v) is 4.46. The maximum Gasteiger partial charge on any atom is 0.329 e. The highest BCUT2D eigenvalue weighted by molar-refractivity contribution is 5.98. The lowest BCUT2D eigenvalue weighted by Crippen LogP contribution is -2.54. The molecule has 5 heteroatoms. The number of aromatic nitrogens is 1. The number of carbonyl (C=O) groups excluding carboxylic acids is 1. The number of hydrogen-bond donors (Lipinski definition) is 2. The average Bonchev–Trinajstić information content (AvgIpc) is 3.27. The van der Waals surface area contributed by atoms with Crippen molar-refractivity contribution in [2.45, 2.75) is 31.8 Å². The average molecular weight is 312 g/mol. The van der Waals surface area contributed by atoms with Crippen LogP contribution in [0.5, 0.6) is 0 Å². The van der Waals surface area contributed by atoms with E-state index in [1.54, 1.807) is 19.1 Å². The molecule has 1 saturated carbocycles. The van der Waals surface area contributed by atoms with Crippen LogP contribution in [0.2, 0.25) is 0 Å². The van der Waals surface area contributed by atoms with Crippen molar-refractivity contribution in [2.24, 2.45) is 5.92 Å². The predicted molar refractivity (Wildman–Crippen MR) is 86.2 cm³/mol. The highest BCUT2D eigenvalue weighted by Crippen LogP contribution is 2.39. The van der Waals surface area contributed by atoms with Crippen molar-refractivity contribution in [3.63, 3.8) is 0 Å². The second kappa shape index (κ2) is 5.91. The fraction of sp³-hybridized carbons (Fsp3) is 0.333. The molecule has 120 valence electrons. The number of amides is 1. The van der Waals surface area contributed by atoms with Gasteiger partial charge in [-0.05, 0) is 55.5 Å². The first-order chi connectivity index (χ1) is 11.0. The normalized spacial score (nSPS) is 16.6. The standard InChI is InChI=1S/C18H20N2O3/c1-18(17(22)23,15-8-9-15)19-16(21)14-6-4-13(5-7-14)12-20-10-2-3-11-20/h2-7,10-11,15H,8-9,12H2,1H3,(H,19,21)(H,22,23). The van der Waals surface area contributed by atoms with E-state index in [1.165, 1.54) is 0 Å². The highest BCUT2D eigenvalue weighted by Gasteiger charge is 2.48. The Balaban J connectivity index is 1.69. The van der Waals surface area contributed by atoms with E-state index in [0.29, 0.717) is 5.56 Å². The number of rotatable bonds is 6. The SMILES string of the molecule is CC(NC(=O)c1ccc(Cn2cccc2)cc1)(C(=O)O)C1CC1.